The van der Waals surface area contributed by atoms with Crippen LogP contribution in [-0.4, -0.2) is 45.9 Å². The minimum absolute atomic E-state index is 0.0300. The first kappa shape index (κ1) is 35.1. The molecule has 0 bridgehead atoms. The number of ether oxygens (including phenoxy) is 1. The molecule has 250 valence electrons. The minimum atomic E-state index is -5.13. The lowest BCUT2D eigenvalue weighted by Crippen LogP contribution is -2.46. The summed E-state index contributed by atoms with van der Waals surface area (Å²) in [5, 5.41) is 0. The van der Waals surface area contributed by atoms with E-state index in [0.29, 0.717) is 30.8 Å². The highest BCUT2D eigenvalue weighted by Crippen LogP contribution is 2.36. The molecule has 0 fully saturated rings. The van der Waals surface area contributed by atoms with Gasteiger partial charge in [0.05, 0.1) is 24.8 Å². The highest BCUT2D eigenvalue weighted by Gasteiger charge is 2.38. The van der Waals surface area contributed by atoms with Crippen molar-refractivity contribution < 1.29 is 40.7 Å². The molecule has 0 radical (unpaired) electrons. The molecular weight excluding hydrogens is 624 g/mol. The van der Waals surface area contributed by atoms with Gasteiger partial charge in [-0.05, 0) is 66.9 Å². The molecule has 0 aliphatic rings. The van der Waals surface area contributed by atoms with Gasteiger partial charge in [-0.1, -0.05) is 49.4 Å². The minimum Gasteiger partial charge on any atom is -0.497 e. The van der Waals surface area contributed by atoms with Crippen LogP contribution in [-0.2, 0) is 36.8 Å². The number of rotatable bonds is 12. The van der Waals surface area contributed by atoms with Gasteiger partial charge in [0.15, 0.2) is 0 Å². The lowest BCUT2D eigenvalue weighted by Gasteiger charge is -2.32. The van der Waals surface area contributed by atoms with E-state index >= 15 is 0 Å². The number of amides is 2. The van der Waals surface area contributed by atoms with Gasteiger partial charge in [0.25, 0.3) is 5.91 Å². The zero-order chi connectivity index (χ0) is 34.4. The van der Waals surface area contributed by atoms with Crippen LogP contribution in [0.15, 0.2) is 91.1 Å². The molecule has 0 N–H and O–H groups in total. The fraction of sp³-hybridized carbons (Fsp3) is 0.314. The van der Waals surface area contributed by atoms with E-state index in [1.807, 2.05) is 77.5 Å². The van der Waals surface area contributed by atoms with E-state index in [1.54, 1.807) is 21.0 Å². The fourth-order valence-electron chi connectivity index (χ4n) is 5.08. The van der Waals surface area contributed by atoms with Gasteiger partial charge in [-0.15, -0.1) is 0 Å². The molecule has 47 heavy (non-hydrogen) atoms. The SMILES string of the molecule is CCC(C)N(CC(=O)N(Cc1ccccc1)Cc1cccn1Cc1cccc(OC)c1)C(=O)c1cc(C(F)(F)F)cc(C(F)(F)F)c1. The van der Waals surface area contributed by atoms with E-state index < -0.39 is 53.4 Å². The van der Waals surface area contributed by atoms with E-state index in [-0.39, 0.29) is 19.2 Å². The van der Waals surface area contributed by atoms with Gasteiger partial charge in [0.1, 0.15) is 12.3 Å². The van der Waals surface area contributed by atoms with Crippen LogP contribution in [0.3, 0.4) is 0 Å². The second kappa shape index (κ2) is 14.8. The number of aromatic nitrogens is 1. The molecule has 1 atom stereocenters. The number of methoxy groups -OCH3 is 1. The molecule has 0 aliphatic carbocycles. The predicted molar refractivity (Wildman–Crippen MR) is 164 cm³/mol. The first-order valence-corrected chi connectivity index (χ1v) is 14.9. The number of hydrogen-bond donors (Lipinski definition) is 0. The molecule has 6 nitrogen and oxygen atoms in total. The number of nitrogens with zero attached hydrogens (tertiary/aromatic N) is 3. The molecule has 4 rings (SSSR count). The van der Waals surface area contributed by atoms with Crippen molar-refractivity contribution >= 4 is 11.8 Å². The van der Waals surface area contributed by atoms with Gasteiger partial charge >= 0.3 is 12.4 Å². The fourth-order valence-corrected chi connectivity index (χ4v) is 5.08. The maximum Gasteiger partial charge on any atom is 0.416 e. The standard InChI is InChI=1S/C35H35F6N3O3/c1-4-24(2)44(33(46)27-17-28(34(36,37)38)19-29(18-27)35(39,40)41)23-32(45)43(20-25-10-6-5-7-11-25)22-30-13-9-15-42(30)21-26-12-8-14-31(16-26)47-3/h5-19,24H,4,20-23H2,1-3H3. The van der Waals surface area contributed by atoms with Gasteiger partial charge in [-0.2, -0.15) is 26.3 Å². The summed E-state index contributed by atoms with van der Waals surface area (Å²) in [6.45, 7) is 3.47. The summed E-state index contributed by atoms with van der Waals surface area (Å²) >= 11 is 0. The zero-order valence-corrected chi connectivity index (χ0v) is 26.1. The van der Waals surface area contributed by atoms with E-state index in [0.717, 1.165) is 21.7 Å². The first-order chi connectivity index (χ1) is 22.2. The number of alkyl halides is 6. The summed E-state index contributed by atoms with van der Waals surface area (Å²) in [7, 11) is 1.57. The van der Waals surface area contributed by atoms with Crippen molar-refractivity contribution in [2.45, 2.75) is 58.3 Å². The monoisotopic (exact) mass is 659 g/mol. The van der Waals surface area contributed by atoms with Crippen molar-refractivity contribution in [3.63, 3.8) is 0 Å². The number of hydrogen-bond acceptors (Lipinski definition) is 3. The van der Waals surface area contributed by atoms with Gasteiger partial charge in [0, 0.05) is 36.6 Å². The van der Waals surface area contributed by atoms with E-state index in [9.17, 15) is 35.9 Å². The molecule has 2 amide bonds. The Labute approximate surface area is 269 Å². The van der Waals surface area contributed by atoms with Gasteiger partial charge in [0.2, 0.25) is 5.91 Å². The van der Waals surface area contributed by atoms with Gasteiger partial charge in [-0.3, -0.25) is 9.59 Å². The van der Waals surface area contributed by atoms with Crippen LogP contribution in [0, 0.1) is 0 Å². The third kappa shape index (κ3) is 9.17. The molecule has 0 saturated carbocycles. The van der Waals surface area contributed by atoms with Crippen molar-refractivity contribution in [3.05, 3.63) is 125 Å². The topological polar surface area (TPSA) is 54.8 Å². The lowest BCUT2D eigenvalue weighted by molar-refractivity contribution is -0.143. The maximum absolute atomic E-state index is 14.0. The van der Waals surface area contributed by atoms with Crippen LogP contribution in [0.5, 0.6) is 5.75 Å². The second-order valence-corrected chi connectivity index (χ2v) is 11.2. The van der Waals surface area contributed by atoms with Crippen molar-refractivity contribution in [3.8, 4) is 5.75 Å². The molecule has 3 aromatic carbocycles. The van der Waals surface area contributed by atoms with Crippen LogP contribution in [0.1, 0.15) is 58.6 Å². The number of benzene rings is 3. The number of carbonyl (C=O) groups excluding carboxylic acids is 2. The Kier molecular flexibility index (Phi) is 11.0. The average molecular weight is 660 g/mol. The van der Waals surface area contributed by atoms with Crippen molar-refractivity contribution in [2.24, 2.45) is 0 Å². The van der Waals surface area contributed by atoms with Gasteiger partial charge < -0.3 is 19.1 Å². The van der Waals surface area contributed by atoms with Crippen molar-refractivity contribution in [2.75, 3.05) is 13.7 Å². The first-order valence-electron chi connectivity index (χ1n) is 14.9. The molecule has 4 aromatic rings. The normalized spacial score (nSPS) is 12.4. The Balaban J connectivity index is 1.66. The predicted octanol–water partition coefficient (Wildman–Crippen LogP) is 8.05. The largest absolute Gasteiger partial charge is 0.497 e. The molecule has 0 saturated heterocycles. The average Bonchev–Trinajstić information content (AvgIpc) is 3.48. The molecular formula is C35H35F6N3O3. The quantitative estimate of drug-likeness (QED) is 0.145. The lowest BCUT2D eigenvalue weighted by atomic mass is 10.0. The Bertz CT molecular complexity index is 1630. The third-order valence-corrected chi connectivity index (χ3v) is 7.86. The summed E-state index contributed by atoms with van der Waals surface area (Å²) in [5.74, 6) is -0.944. The second-order valence-electron chi connectivity index (χ2n) is 11.2. The Morgan fingerprint density at radius 3 is 2.04 bits per heavy atom. The van der Waals surface area contributed by atoms with Crippen LogP contribution >= 0.6 is 0 Å². The van der Waals surface area contributed by atoms with E-state index in [1.165, 1.54) is 4.90 Å². The summed E-state index contributed by atoms with van der Waals surface area (Å²) < 4.78 is 88.7. The van der Waals surface area contributed by atoms with Crippen molar-refractivity contribution in [1.29, 1.82) is 0 Å². The van der Waals surface area contributed by atoms with Gasteiger partial charge in [-0.25, -0.2) is 0 Å². The van der Waals surface area contributed by atoms with E-state index in [4.69, 9.17) is 4.74 Å². The summed E-state index contributed by atoms with van der Waals surface area (Å²) in [5.41, 5.74) is -1.49. The van der Waals surface area contributed by atoms with Crippen LogP contribution in [0.4, 0.5) is 26.3 Å². The smallest absolute Gasteiger partial charge is 0.416 e. The Hall–Kier alpha value is -4.74. The summed E-state index contributed by atoms with van der Waals surface area (Å²) in [6, 6.07) is 20.4. The summed E-state index contributed by atoms with van der Waals surface area (Å²) in [4.78, 5) is 30.2. The molecule has 1 heterocycles. The summed E-state index contributed by atoms with van der Waals surface area (Å²) in [6.07, 6.45) is -8.09. The van der Waals surface area contributed by atoms with Crippen LogP contribution in [0.2, 0.25) is 0 Å². The molecule has 12 heteroatoms. The number of carbonyl (C=O) groups is 2. The maximum atomic E-state index is 14.0. The van der Waals surface area contributed by atoms with Crippen LogP contribution in [0.25, 0.3) is 0 Å². The molecule has 0 aliphatic heterocycles. The Morgan fingerprint density at radius 1 is 0.809 bits per heavy atom. The van der Waals surface area contributed by atoms with Crippen LogP contribution < -0.4 is 4.74 Å². The molecule has 1 unspecified atom stereocenters. The highest BCUT2D eigenvalue weighted by atomic mass is 19.4. The van der Waals surface area contributed by atoms with E-state index in [2.05, 4.69) is 0 Å². The third-order valence-electron chi connectivity index (χ3n) is 7.86. The number of halogens is 6. The Morgan fingerprint density at radius 2 is 1.45 bits per heavy atom. The highest BCUT2D eigenvalue weighted by molar-refractivity contribution is 5.97. The zero-order valence-electron chi connectivity index (χ0n) is 26.1. The van der Waals surface area contributed by atoms with Crippen molar-refractivity contribution in [1.82, 2.24) is 14.4 Å². The molecule has 0 spiro atoms. The molecule has 1 aromatic heterocycles.